The Morgan fingerprint density at radius 1 is 1.14 bits per heavy atom. The maximum Gasteiger partial charge on any atom is 0.296 e. The number of nitrogens with one attached hydrogen (secondary N) is 1. The Kier molecular flexibility index (Phi) is 6.69. The lowest BCUT2D eigenvalue weighted by molar-refractivity contribution is 0.0302. The van der Waals surface area contributed by atoms with Crippen molar-refractivity contribution in [2.45, 2.75) is 18.4 Å². The summed E-state index contributed by atoms with van der Waals surface area (Å²) >= 11 is 6.51. The van der Waals surface area contributed by atoms with Gasteiger partial charge in [-0.2, -0.15) is 9.35 Å². The molecule has 0 spiro atoms. The third-order valence-electron chi connectivity index (χ3n) is 5.72. The third-order valence-corrected chi connectivity index (χ3v) is 6.66. The van der Waals surface area contributed by atoms with Crippen LogP contribution in [0.5, 0.6) is 6.01 Å². The Morgan fingerprint density at radius 2 is 1.78 bits per heavy atom. The predicted octanol–water partition coefficient (Wildman–Crippen LogP) is 4.78. The quantitative estimate of drug-likeness (QED) is 0.371. The molecule has 0 radical (unpaired) electrons. The second-order valence-corrected chi connectivity index (χ2v) is 11.7. The summed E-state index contributed by atoms with van der Waals surface area (Å²) in [6.45, 7) is -0.396. The molecule has 36 heavy (non-hydrogen) atoms. The Labute approximate surface area is 212 Å². The predicted molar refractivity (Wildman–Crippen MR) is 138 cm³/mol. The van der Waals surface area contributed by atoms with E-state index in [-0.39, 0.29) is 12.6 Å². The number of pyridine rings is 1. The van der Waals surface area contributed by atoms with Crippen molar-refractivity contribution >= 4 is 38.2 Å². The smallest absolute Gasteiger partial charge is 0.296 e. The van der Waals surface area contributed by atoms with Gasteiger partial charge in [0.1, 0.15) is 6.10 Å². The van der Waals surface area contributed by atoms with E-state index in [1.54, 1.807) is 18.6 Å². The van der Waals surface area contributed by atoms with Crippen LogP contribution in [0.4, 0.5) is 10.1 Å². The molecule has 1 aliphatic rings. The van der Waals surface area contributed by atoms with Crippen molar-refractivity contribution in [1.82, 2.24) is 15.0 Å². The van der Waals surface area contributed by atoms with E-state index in [9.17, 15) is 8.60 Å². The van der Waals surface area contributed by atoms with Gasteiger partial charge < -0.3 is 19.6 Å². The molecule has 1 saturated heterocycles. The number of H-pyrrole nitrogens is 1. The summed E-state index contributed by atoms with van der Waals surface area (Å²) in [5.74, 6) is 0. The summed E-state index contributed by atoms with van der Waals surface area (Å²) in [4.78, 5) is 11.9. The normalized spacial score (nSPS) is 20.1. The van der Waals surface area contributed by atoms with Crippen LogP contribution in [0.3, 0.4) is 0 Å². The average Bonchev–Trinajstić information content (AvgIpc) is 3.40. The van der Waals surface area contributed by atoms with E-state index in [1.807, 2.05) is 48.5 Å². The van der Waals surface area contributed by atoms with Gasteiger partial charge in [-0.05, 0) is 29.3 Å². The van der Waals surface area contributed by atoms with E-state index in [2.05, 4.69) is 19.3 Å². The third kappa shape index (κ3) is 5.22. The average molecular weight is 531 g/mol. The van der Waals surface area contributed by atoms with Crippen LogP contribution in [0.25, 0.3) is 33.5 Å². The zero-order valence-electron chi connectivity index (χ0n) is 19.5. The van der Waals surface area contributed by atoms with Gasteiger partial charge in [0.15, 0.2) is 17.9 Å². The van der Waals surface area contributed by atoms with Gasteiger partial charge >= 0.3 is 0 Å². The maximum atomic E-state index is 14.3. The molecule has 2 aromatic carbocycles. The highest BCUT2D eigenvalue weighted by Crippen LogP contribution is 2.32. The Balaban J connectivity index is 1.36. The Bertz CT molecular complexity index is 1510. The molecule has 2 N–H and O–H groups in total. The second-order valence-electron chi connectivity index (χ2n) is 8.78. The first kappa shape index (κ1) is 24.6. The molecule has 0 bridgehead atoms. The molecule has 0 aliphatic carbocycles. The number of alkyl halides is 1. The lowest BCUT2D eigenvalue weighted by atomic mass is 10.0. The topological polar surface area (TPSA) is 110 Å². The Hall–Kier alpha value is -3.05. The fraction of sp³-hybridized carbons (Fsp3) is 0.280. The molecule has 5 rings (SSSR count). The molecule has 1 unspecified atom stereocenters. The minimum atomic E-state index is -2.21. The fourth-order valence-electron chi connectivity index (χ4n) is 3.98. The number of ether oxygens (including phenoxy) is 2. The number of halogens is 2. The summed E-state index contributed by atoms with van der Waals surface area (Å²) < 4.78 is 41.2. The Morgan fingerprint density at radius 3 is 2.39 bits per heavy atom. The molecule has 188 valence electrons. The van der Waals surface area contributed by atoms with Crippen LogP contribution in [0.15, 0.2) is 59.0 Å². The summed E-state index contributed by atoms with van der Waals surface area (Å²) in [6, 6.07) is 17.1. The van der Waals surface area contributed by atoms with Crippen LogP contribution < -0.4 is 4.74 Å². The molecule has 1 fully saturated rings. The molecule has 1 aliphatic heterocycles. The number of aliphatic hydroxyl groups is 1. The number of fused-ring (bicyclic) bond motifs is 1. The second kappa shape index (κ2) is 9.78. The van der Waals surface area contributed by atoms with E-state index in [0.717, 1.165) is 16.7 Å². The number of aliphatic hydroxyl groups excluding tert-OH is 1. The number of aromatic amines is 1. The molecule has 2 aromatic heterocycles. The van der Waals surface area contributed by atoms with Gasteiger partial charge in [-0.3, -0.25) is 0 Å². The molecular formula is C25H24ClFN4O4S. The molecule has 3 atom stereocenters. The highest BCUT2D eigenvalue weighted by Gasteiger charge is 2.39. The SMILES string of the molecule is CS(C)(=O)=Nc1ccc(-c2ccc(-c3nc4nc(O[C@@H]5COC(CO)[C@H]5F)[nH]c4cc3Cl)cc2)cc1. The monoisotopic (exact) mass is 530 g/mol. The van der Waals surface area contributed by atoms with Crippen molar-refractivity contribution < 1.29 is 23.2 Å². The van der Waals surface area contributed by atoms with E-state index in [1.165, 1.54) is 0 Å². The first-order valence-electron chi connectivity index (χ1n) is 11.2. The zero-order valence-corrected chi connectivity index (χ0v) is 21.1. The number of rotatable bonds is 6. The molecule has 11 heteroatoms. The molecule has 3 heterocycles. The minimum absolute atomic E-state index is 0.0182. The summed E-state index contributed by atoms with van der Waals surface area (Å²) in [5.41, 5.74) is 4.95. The van der Waals surface area contributed by atoms with Crippen molar-refractivity contribution in [2.24, 2.45) is 4.36 Å². The minimum Gasteiger partial charge on any atom is -0.456 e. The van der Waals surface area contributed by atoms with E-state index in [4.69, 9.17) is 26.2 Å². The van der Waals surface area contributed by atoms with Gasteiger partial charge in [-0.25, -0.2) is 13.6 Å². The first-order chi connectivity index (χ1) is 17.2. The fourth-order valence-corrected chi connectivity index (χ4v) is 4.87. The number of imidazole rings is 1. The lowest BCUT2D eigenvalue weighted by Gasteiger charge is -2.13. The summed E-state index contributed by atoms with van der Waals surface area (Å²) in [6.07, 6.45) is -0.0330. The van der Waals surface area contributed by atoms with E-state index < -0.39 is 34.7 Å². The van der Waals surface area contributed by atoms with Gasteiger partial charge in [0, 0.05) is 27.8 Å². The number of benzene rings is 2. The van der Waals surface area contributed by atoms with Crippen molar-refractivity contribution in [3.8, 4) is 28.4 Å². The summed E-state index contributed by atoms with van der Waals surface area (Å²) in [7, 11) is -2.21. The van der Waals surface area contributed by atoms with Gasteiger partial charge in [-0.15, -0.1) is 0 Å². The largest absolute Gasteiger partial charge is 0.456 e. The van der Waals surface area contributed by atoms with Crippen molar-refractivity contribution in [3.63, 3.8) is 0 Å². The molecule has 4 aromatic rings. The highest BCUT2D eigenvalue weighted by molar-refractivity contribution is 7.92. The zero-order chi connectivity index (χ0) is 25.4. The number of hydrogen-bond donors (Lipinski definition) is 2. The molecular weight excluding hydrogens is 507 g/mol. The van der Waals surface area contributed by atoms with Crippen molar-refractivity contribution in [1.29, 1.82) is 0 Å². The van der Waals surface area contributed by atoms with Crippen LogP contribution in [0.1, 0.15) is 0 Å². The number of nitrogens with zero attached hydrogens (tertiary/aromatic N) is 3. The van der Waals surface area contributed by atoms with Gasteiger partial charge in [-0.1, -0.05) is 48.0 Å². The number of hydrogen-bond acceptors (Lipinski definition) is 7. The first-order valence-corrected chi connectivity index (χ1v) is 13.9. The van der Waals surface area contributed by atoms with Crippen LogP contribution in [0, 0.1) is 0 Å². The van der Waals surface area contributed by atoms with Crippen LogP contribution in [-0.2, 0) is 14.5 Å². The molecule has 0 saturated carbocycles. The van der Waals surface area contributed by atoms with Crippen LogP contribution in [0.2, 0.25) is 5.02 Å². The number of aromatic nitrogens is 3. The van der Waals surface area contributed by atoms with Crippen molar-refractivity contribution in [2.75, 3.05) is 25.7 Å². The van der Waals surface area contributed by atoms with Gasteiger partial charge in [0.25, 0.3) is 6.01 Å². The molecule has 8 nitrogen and oxygen atoms in total. The van der Waals surface area contributed by atoms with Crippen LogP contribution in [-0.4, -0.2) is 68.4 Å². The van der Waals surface area contributed by atoms with E-state index in [0.29, 0.717) is 27.6 Å². The standard InChI is InChI=1S/C25H24ClFN4O4S/c1-36(2,33)31-17-9-7-15(8-10-17)14-3-5-16(6-4-14)23-18(26)11-19-24(29-23)30-25(28-19)35-21-13-34-20(12-32)22(21)27/h3-11,20-22,32H,12-13H2,1-2H3,(H,28,29,30)/t20?,21-,22-/m1/s1. The highest BCUT2D eigenvalue weighted by atomic mass is 35.5. The van der Waals surface area contributed by atoms with Crippen LogP contribution >= 0.6 is 11.6 Å². The lowest BCUT2D eigenvalue weighted by Crippen LogP contribution is -2.32. The molecule has 0 amide bonds. The van der Waals surface area contributed by atoms with Crippen molar-refractivity contribution in [3.05, 3.63) is 59.6 Å². The van der Waals surface area contributed by atoms with E-state index >= 15 is 0 Å². The summed E-state index contributed by atoms with van der Waals surface area (Å²) in [5, 5.41) is 9.57. The van der Waals surface area contributed by atoms with Gasteiger partial charge in [0.2, 0.25) is 0 Å². The van der Waals surface area contributed by atoms with Gasteiger partial charge in [0.05, 0.1) is 35.1 Å². The maximum absolute atomic E-state index is 14.3.